The van der Waals surface area contributed by atoms with Crippen molar-refractivity contribution >= 4 is 27.6 Å². The van der Waals surface area contributed by atoms with Crippen LogP contribution < -0.4 is 5.32 Å². The number of aromatic nitrogens is 3. The van der Waals surface area contributed by atoms with Crippen molar-refractivity contribution in [1.29, 1.82) is 0 Å². The summed E-state index contributed by atoms with van der Waals surface area (Å²) in [6.07, 6.45) is 2.09. The maximum Gasteiger partial charge on any atom is 0.162 e. The van der Waals surface area contributed by atoms with Crippen molar-refractivity contribution in [1.82, 2.24) is 19.9 Å². The number of para-hydroxylation sites is 1. The number of aromatic amines is 1. The van der Waals surface area contributed by atoms with Crippen LogP contribution in [0, 0.1) is 0 Å². The molecule has 0 bridgehead atoms. The van der Waals surface area contributed by atoms with E-state index < -0.39 is 0 Å². The summed E-state index contributed by atoms with van der Waals surface area (Å²) in [5, 5.41) is 5.93. The van der Waals surface area contributed by atoms with Gasteiger partial charge in [0.05, 0.1) is 5.52 Å². The lowest BCUT2D eigenvalue weighted by molar-refractivity contribution is 0.404. The molecule has 0 unspecified atom stereocenters. The van der Waals surface area contributed by atoms with Crippen LogP contribution in [0.1, 0.15) is 22.6 Å². The van der Waals surface area contributed by atoms with Crippen LogP contribution >= 0.6 is 0 Å². The molecule has 0 spiro atoms. The minimum Gasteiger partial charge on any atom is -0.368 e. The van der Waals surface area contributed by atoms with E-state index in [-0.39, 0.29) is 5.92 Å². The molecule has 0 amide bonds. The summed E-state index contributed by atoms with van der Waals surface area (Å²) in [4.78, 5) is 15.6. The first-order valence-electron chi connectivity index (χ1n) is 13.0. The summed E-state index contributed by atoms with van der Waals surface area (Å²) in [5.41, 5.74) is 6.87. The molecular formula is C33H31N5. The van der Waals surface area contributed by atoms with Crippen molar-refractivity contribution in [3.05, 3.63) is 126 Å². The van der Waals surface area contributed by atoms with Crippen LogP contribution in [-0.4, -0.2) is 40.5 Å². The number of anilines is 1. The van der Waals surface area contributed by atoms with E-state index >= 15 is 0 Å². The molecule has 4 aromatic carbocycles. The second kappa shape index (κ2) is 10.5. The fraction of sp³-hybridized carbons (Fsp3) is 0.152. The Morgan fingerprint density at radius 2 is 1.45 bits per heavy atom. The first-order chi connectivity index (χ1) is 18.7. The second-order valence-electron chi connectivity index (χ2n) is 9.98. The molecule has 0 saturated carbocycles. The summed E-state index contributed by atoms with van der Waals surface area (Å²) >= 11 is 0. The lowest BCUT2D eigenvalue weighted by Gasteiger charge is -2.20. The van der Waals surface area contributed by atoms with Crippen molar-refractivity contribution in [2.45, 2.75) is 12.5 Å². The third-order valence-electron chi connectivity index (χ3n) is 6.99. The Bertz CT molecular complexity index is 1630. The largest absolute Gasteiger partial charge is 0.368 e. The van der Waals surface area contributed by atoms with Gasteiger partial charge in [0.1, 0.15) is 5.82 Å². The molecule has 2 N–H and O–H groups in total. The minimum atomic E-state index is 0.194. The van der Waals surface area contributed by atoms with Gasteiger partial charge in [0.15, 0.2) is 5.82 Å². The van der Waals surface area contributed by atoms with Crippen LogP contribution in [0.2, 0.25) is 0 Å². The third kappa shape index (κ3) is 4.89. The van der Waals surface area contributed by atoms with Gasteiger partial charge in [-0.1, -0.05) is 72.8 Å². The third-order valence-corrected chi connectivity index (χ3v) is 6.99. The number of hydrogen-bond acceptors (Lipinski definition) is 4. The van der Waals surface area contributed by atoms with E-state index in [1.165, 1.54) is 22.1 Å². The van der Waals surface area contributed by atoms with Gasteiger partial charge in [-0.15, -0.1) is 0 Å². The fourth-order valence-electron chi connectivity index (χ4n) is 5.13. The zero-order valence-electron chi connectivity index (χ0n) is 21.7. The van der Waals surface area contributed by atoms with E-state index in [4.69, 9.17) is 9.97 Å². The Kier molecular flexibility index (Phi) is 6.59. The lowest BCUT2D eigenvalue weighted by Crippen LogP contribution is -2.15. The van der Waals surface area contributed by atoms with Crippen molar-refractivity contribution in [3.63, 3.8) is 0 Å². The maximum absolute atomic E-state index is 5.07. The van der Waals surface area contributed by atoms with Crippen LogP contribution in [-0.2, 0) is 6.54 Å². The quantitative estimate of drug-likeness (QED) is 0.236. The zero-order valence-corrected chi connectivity index (χ0v) is 21.7. The van der Waals surface area contributed by atoms with Crippen LogP contribution in [0.15, 0.2) is 109 Å². The van der Waals surface area contributed by atoms with Gasteiger partial charge in [0.25, 0.3) is 0 Å². The van der Waals surface area contributed by atoms with E-state index in [2.05, 4.69) is 126 Å². The highest BCUT2D eigenvalue weighted by Crippen LogP contribution is 2.30. The van der Waals surface area contributed by atoms with Crippen LogP contribution in [0.25, 0.3) is 33.2 Å². The number of nitrogens with one attached hydrogen (secondary N) is 2. The number of benzene rings is 4. The van der Waals surface area contributed by atoms with Crippen LogP contribution in [0.3, 0.4) is 0 Å². The highest BCUT2D eigenvalue weighted by molar-refractivity contribution is 5.92. The van der Waals surface area contributed by atoms with Crippen LogP contribution in [0.5, 0.6) is 0 Å². The molecule has 188 valence electrons. The SMILES string of the molecule is CN(C)Cc1c[nH]c2ccc(-c3nc(NCC(c4ccccc4)c4ccccc4)c4ccccc4n3)cc12. The average molecular weight is 498 g/mol. The van der Waals surface area contributed by atoms with Gasteiger partial charge in [-0.25, -0.2) is 9.97 Å². The van der Waals surface area contributed by atoms with Crippen molar-refractivity contribution in [2.24, 2.45) is 0 Å². The summed E-state index contributed by atoms with van der Waals surface area (Å²) in [6.45, 7) is 1.59. The van der Waals surface area contributed by atoms with Gasteiger partial charge in [0.2, 0.25) is 0 Å². The van der Waals surface area contributed by atoms with Crippen LogP contribution in [0.4, 0.5) is 5.82 Å². The highest BCUT2D eigenvalue weighted by Gasteiger charge is 2.16. The maximum atomic E-state index is 5.07. The Hall–Kier alpha value is -4.48. The van der Waals surface area contributed by atoms with E-state index in [1.807, 2.05) is 12.1 Å². The molecule has 0 aliphatic rings. The zero-order chi connectivity index (χ0) is 25.9. The molecule has 0 aliphatic carbocycles. The predicted molar refractivity (Wildman–Crippen MR) is 157 cm³/mol. The predicted octanol–water partition coefficient (Wildman–Crippen LogP) is 7.08. The number of H-pyrrole nitrogens is 1. The first-order valence-corrected chi connectivity index (χ1v) is 13.0. The molecule has 38 heavy (non-hydrogen) atoms. The Morgan fingerprint density at radius 1 is 0.763 bits per heavy atom. The summed E-state index contributed by atoms with van der Waals surface area (Å²) < 4.78 is 0. The molecular weight excluding hydrogens is 466 g/mol. The Labute approximate surface area is 223 Å². The molecule has 5 nitrogen and oxygen atoms in total. The van der Waals surface area contributed by atoms with Gasteiger partial charge in [-0.3, -0.25) is 0 Å². The molecule has 5 heteroatoms. The van der Waals surface area contributed by atoms with E-state index in [0.29, 0.717) is 0 Å². The summed E-state index contributed by atoms with van der Waals surface area (Å²) in [7, 11) is 4.18. The molecule has 6 aromatic rings. The number of hydrogen-bond donors (Lipinski definition) is 2. The summed E-state index contributed by atoms with van der Waals surface area (Å²) in [6, 6.07) is 36.0. The molecule has 0 radical (unpaired) electrons. The second-order valence-corrected chi connectivity index (χ2v) is 9.98. The van der Waals surface area contributed by atoms with E-state index in [1.54, 1.807) is 0 Å². The molecule has 2 aromatic heterocycles. The first kappa shape index (κ1) is 23.9. The smallest absolute Gasteiger partial charge is 0.162 e. The number of nitrogens with zero attached hydrogens (tertiary/aromatic N) is 3. The van der Waals surface area contributed by atoms with Gasteiger partial charge in [-0.05, 0) is 61.1 Å². The number of rotatable bonds is 8. The highest BCUT2D eigenvalue weighted by atomic mass is 15.1. The van der Waals surface area contributed by atoms with Gasteiger partial charge < -0.3 is 15.2 Å². The normalized spacial score (nSPS) is 11.6. The molecule has 2 heterocycles. The standard InChI is InChI=1S/C33H31N5/c1-38(2)22-26-20-34-30-18-17-25(19-28(26)30)32-36-31-16-10-9-15-27(31)33(37-32)35-21-29(23-11-5-3-6-12-23)24-13-7-4-8-14-24/h3-20,29,34H,21-22H2,1-2H3,(H,35,36,37). The fourth-order valence-corrected chi connectivity index (χ4v) is 5.13. The van der Waals surface area contributed by atoms with E-state index in [0.717, 1.165) is 46.7 Å². The van der Waals surface area contributed by atoms with E-state index in [9.17, 15) is 0 Å². The van der Waals surface area contributed by atoms with Gasteiger partial charge in [-0.2, -0.15) is 0 Å². The van der Waals surface area contributed by atoms with Crippen molar-refractivity contribution < 1.29 is 0 Å². The molecule has 0 aliphatic heterocycles. The Morgan fingerprint density at radius 3 is 2.16 bits per heavy atom. The van der Waals surface area contributed by atoms with Gasteiger partial charge >= 0.3 is 0 Å². The molecule has 0 fully saturated rings. The van der Waals surface area contributed by atoms with Crippen molar-refractivity contribution in [2.75, 3.05) is 26.0 Å². The van der Waals surface area contributed by atoms with Gasteiger partial charge in [0, 0.05) is 47.1 Å². The lowest BCUT2D eigenvalue weighted by atomic mass is 9.91. The molecule has 0 atom stereocenters. The minimum absolute atomic E-state index is 0.194. The number of fused-ring (bicyclic) bond motifs is 2. The molecule has 6 rings (SSSR count). The van der Waals surface area contributed by atoms with Crippen molar-refractivity contribution in [3.8, 4) is 11.4 Å². The Balaban J connectivity index is 1.39. The topological polar surface area (TPSA) is 56.8 Å². The summed E-state index contributed by atoms with van der Waals surface area (Å²) in [5.74, 6) is 1.77. The monoisotopic (exact) mass is 497 g/mol. The molecule has 0 saturated heterocycles. The average Bonchev–Trinajstić information content (AvgIpc) is 3.35.